The molecule has 0 N–H and O–H groups in total. The van der Waals surface area contributed by atoms with E-state index in [4.69, 9.17) is 4.74 Å². The number of hydrogen-bond acceptors (Lipinski definition) is 1. The Hall–Kier alpha value is -0.344. The standard InChI is InChI=1S/C8H10O.Os.2H/c1-2-9-8-6-4-3-5-7-8;;;/h3-7H,2H2,1H3;;;/q;+2;2*-1. The van der Waals surface area contributed by atoms with E-state index in [1.807, 2.05) is 37.3 Å². The topological polar surface area (TPSA) is 9.23 Å². The molecule has 0 atom stereocenters. The third-order valence-electron chi connectivity index (χ3n) is 1.05. The van der Waals surface area contributed by atoms with Crippen molar-refractivity contribution in [1.29, 1.82) is 0 Å². The Labute approximate surface area is 77.4 Å². The molecule has 1 rings (SSSR count). The molecule has 0 radical (unpaired) electrons. The maximum absolute atomic E-state index is 5.21. The Bertz CT molecular complexity index is 170. The molecule has 0 aliphatic carbocycles. The van der Waals surface area contributed by atoms with Gasteiger partial charge in [0.2, 0.25) is 0 Å². The van der Waals surface area contributed by atoms with Crippen molar-refractivity contribution in [2.75, 3.05) is 6.61 Å². The normalized spacial score (nSPS) is 8.10. The third kappa shape index (κ3) is 2.99. The summed E-state index contributed by atoms with van der Waals surface area (Å²) in [5.74, 6) is 0.944. The summed E-state index contributed by atoms with van der Waals surface area (Å²) in [7, 11) is 0. The number of para-hydroxylation sites is 1. The second-order valence-corrected chi connectivity index (χ2v) is 1.75. The first kappa shape index (κ1) is 9.66. The summed E-state index contributed by atoms with van der Waals surface area (Å²) in [5.41, 5.74) is 0. The summed E-state index contributed by atoms with van der Waals surface area (Å²) in [6, 6.07) is 9.80. The average Bonchev–Trinajstić information content (AvgIpc) is 1.91. The van der Waals surface area contributed by atoms with Crippen LogP contribution >= 0.6 is 0 Å². The van der Waals surface area contributed by atoms with Crippen LogP contribution in [-0.4, -0.2) is 6.61 Å². The molecule has 0 bridgehead atoms. The number of rotatable bonds is 2. The van der Waals surface area contributed by atoms with Crippen LogP contribution in [0.5, 0.6) is 5.75 Å². The molecule has 0 heterocycles. The van der Waals surface area contributed by atoms with Gasteiger partial charge in [-0.3, -0.25) is 0 Å². The number of ether oxygens (including phenoxy) is 1. The number of hydrogen-bond donors (Lipinski definition) is 0. The first-order valence-electron chi connectivity index (χ1n) is 3.11. The van der Waals surface area contributed by atoms with Crippen LogP contribution < -0.4 is 4.74 Å². The van der Waals surface area contributed by atoms with Crippen molar-refractivity contribution in [3.63, 3.8) is 0 Å². The van der Waals surface area contributed by atoms with Crippen LogP contribution in [0.2, 0.25) is 0 Å². The van der Waals surface area contributed by atoms with Gasteiger partial charge < -0.3 is 7.59 Å². The second kappa shape index (κ2) is 5.44. The van der Waals surface area contributed by atoms with Gasteiger partial charge in [0.15, 0.2) is 0 Å². The molecule has 1 aromatic rings. The molecule has 10 heavy (non-hydrogen) atoms. The molecule has 2 heteroatoms. The summed E-state index contributed by atoms with van der Waals surface area (Å²) in [5, 5.41) is 0. The van der Waals surface area contributed by atoms with E-state index in [9.17, 15) is 0 Å². The Balaban J connectivity index is -0.000000270. The minimum absolute atomic E-state index is 0. The maximum Gasteiger partial charge on any atom is 2.00 e. The van der Waals surface area contributed by atoms with E-state index in [2.05, 4.69) is 0 Å². The monoisotopic (exact) mass is 316 g/mol. The zero-order valence-corrected chi connectivity index (χ0v) is 8.40. The van der Waals surface area contributed by atoms with Crippen LogP contribution in [0.15, 0.2) is 30.3 Å². The summed E-state index contributed by atoms with van der Waals surface area (Å²) in [6.45, 7) is 2.72. The summed E-state index contributed by atoms with van der Waals surface area (Å²) >= 11 is 0. The number of benzene rings is 1. The molecule has 0 aliphatic heterocycles. The minimum Gasteiger partial charge on any atom is -1.00 e. The van der Waals surface area contributed by atoms with Crippen LogP contribution in [0.4, 0.5) is 0 Å². The van der Waals surface area contributed by atoms with Gasteiger partial charge >= 0.3 is 19.8 Å². The van der Waals surface area contributed by atoms with Gasteiger partial charge in [-0.15, -0.1) is 0 Å². The molecule has 1 nitrogen and oxygen atoms in total. The van der Waals surface area contributed by atoms with Crippen LogP contribution in [0.1, 0.15) is 9.78 Å². The molecule has 0 amide bonds. The van der Waals surface area contributed by atoms with Crippen LogP contribution in [0.25, 0.3) is 0 Å². The fourth-order valence-electron chi connectivity index (χ4n) is 0.683. The van der Waals surface area contributed by atoms with E-state index in [0.29, 0.717) is 0 Å². The largest absolute Gasteiger partial charge is 2.00 e. The molecule has 58 valence electrons. The third-order valence-corrected chi connectivity index (χ3v) is 1.05. The molecule has 0 aliphatic rings. The Morgan fingerprint density at radius 1 is 1.30 bits per heavy atom. The average molecular weight is 314 g/mol. The van der Waals surface area contributed by atoms with Crippen LogP contribution in [-0.2, 0) is 19.8 Å². The second-order valence-electron chi connectivity index (χ2n) is 1.75. The van der Waals surface area contributed by atoms with Crippen LogP contribution in [0.3, 0.4) is 0 Å². The van der Waals surface area contributed by atoms with Gasteiger partial charge in [-0.1, -0.05) is 18.2 Å². The Morgan fingerprint density at radius 3 is 2.40 bits per heavy atom. The van der Waals surface area contributed by atoms with Gasteiger partial charge in [0.05, 0.1) is 6.61 Å². The fraction of sp³-hybridized carbons (Fsp3) is 0.250. The molecule has 0 spiro atoms. The first-order chi connectivity index (χ1) is 4.43. The van der Waals surface area contributed by atoms with Gasteiger partial charge in [-0.05, 0) is 19.1 Å². The van der Waals surface area contributed by atoms with E-state index in [0.717, 1.165) is 12.4 Å². The van der Waals surface area contributed by atoms with E-state index in [1.165, 1.54) is 0 Å². The van der Waals surface area contributed by atoms with Crippen molar-refractivity contribution in [2.45, 2.75) is 6.92 Å². The van der Waals surface area contributed by atoms with Crippen molar-refractivity contribution < 1.29 is 27.4 Å². The predicted molar refractivity (Wildman–Crippen MR) is 39.8 cm³/mol. The van der Waals surface area contributed by atoms with Crippen molar-refractivity contribution in [3.8, 4) is 5.75 Å². The van der Waals surface area contributed by atoms with Gasteiger partial charge in [0.25, 0.3) is 0 Å². The Morgan fingerprint density at radius 2 is 1.90 bits per heavy atom. The summed E-state index contributed by atoms with van der Waals surface area (Å²) < 4.78 is 5.21. The van der Waals surface area contributed by atoms with E-state index >= 15 is 0 Å². The Kier molecular flexibility index (Phi) is 5.25. The van der Waals surface area contributed by atoms with Gasteiger partial charge in [0.1, 0.15) is 5.75 Å². The van der Waals surface area contributed by atoms with Crippen molar-refractivity contribution in [1.82, 2.24) is 0 Å². The van der Waals surface area contributed by atoms with Gasteiger partial charge in [-0.25, -0.2) is 0 Å². The van der Waals surface area contributed by atoms with Crippen molar-refractivity contribution in [2.24, 2.45) is 0 Å². The van der Waals surface area contributed by atoms with Gasteiger partial charge in [-0.2, -0.15) is 0 Å². The molecule has 0 fully saturated rings. The molecule has 0 saturated heterocycles. The van der Waals surface area contributed by atoms with Gasteiger partial charge in [0, 0.05) is 0 Å². The molecular weight excluding hydrogens is 302 g/mol. The maximum atomic E-state index is 5.21. The zero-order valence-electron chi connectivity index (χ0n) is 7.86. The minimum atomic E-state index is 0. The molecule has 0 unspecified atom stereocenters. The first-order valence-corrected chi connectivity index (χ1v) is 3.11. The van der Waals surface area contributed by atoms with Crippen molar-refractivity contribution in [3.05, 3.63) is 30.3 Å². The fourth-order valence-corrected chi connectivity index (χ4v) is 0.683. The molecule has 0 aromatic heterocycles. The van der Waals surface area contributed by atoms with Crippen molar-refractivity contribution >= 4 is 0 Å². The molecule has 1 aromatic carbocycles. The van der Waals surface area contributed by atoms with Crippen LogP contribution in [0, 0.1) is 0 Å². The van der Waals surface area contributed by atoms with E-state index < -0.39 is 0 Å². The quantitative estimate of drug-likeness (QED) is 0.814. The molecule has 0 saturated carbocycles. The molecular formula is C8H12OOs. The summed E-state index contributed by atoms with van der Waals surface area (Å²) in [4.78, 5) is 0. The summed E-state index contributed by atoms with van der Waals surface area (Å²) in [6.07, 6.45) is 0. The predicted octanol–water partition coefficient (Wildman–Crippen LogP) is 2.31. The SMILES string of the molecule is CCOc1ccccc1.[H-].[H-].[Os+2]. The van der Waals surface area contributed by atoms with E-state index in [-0.39, 0.29) is 22.6 Å². The van der Waals surface area contributed by atoms with E-state index in [1.54, 1.807) is 0 Å². The zero-order chi connectivity index (χ0) is 6.53. The smallest absolute Gasteiger partial charge is 1.00 e.